The molecule has 0 radical (unpaired) electrons. The van der Waals surface area contributed by atoms with Crippen molar-refractivity contribution in [3.63, 3.8) is 0 Å². The van der Waals surface area contributed by atoms with E-state index in [1.165, 1.54) is 13.8 Å². The Morgan fingerprint density at radius 1 is 0.912 bits per heavy atom. The maximum absolute atomic E-state index is 11.8. The third kappa shape index (κ3) is 6.34. The highest BCUT2D eigenvalue weighted by Gasteiger charge is 2.51. The first-order chi connectivity index (χ1) is 16.0. The number of hydrogen-bond donors (Lipinski definition) is 1. The topological polar surface area (TPSA) is 108 Å². The minimum Gasteiger partial charge on any atom is -0.456 e. The van der Waals surface area contributed by atoms with Gasteiger partial charge in [-0.15, -0.1) is 0 Å². The maximum Gasteiger partial charge on any atom is 0.305 e. The SMILES string of the molecule is CC(=O)OC1O[C@@H](c2ccc(C)c(Cc3ccc(Cl)cc3)c2)[C@H](OC(C)=O)[C@@H](O)[C@@H]1OC(C)=O. The Morgan fingerprint density at radius 3 is 2.09 bits per heavy atom. The first kappa shape index (κ1) is 25.7. The lowest BCUT2D eigenvalue weighted by atomic mass is 9.90. The number of aliphatic hydroxyl groups excluding tert-OH is 1. The molecule has 1 fully saturated rings. The number of carbonyl (C=O) groups is 3. The normalized spacial score (nSPS) is 24.2. The molecule has 0 aromatic heterocycles. The molecule has 1 heterocycles. The molecule has 1 aliphatic rings. The van der Waals surface area contributed by atoms with Crippen LogP contribution in [0.2, 0.25) is 5.02 Å². The molecule has 2 aromatic carbocycles. The quantitative estimate of drug-likeness (QED) is 0.484. The number of hydrogen-bond acceptors (Lipinski definition) is 8. The van der Waals surface area contributed by atoms with Crippen LogP contribution >= 0.6 is 11.6 Å². The lowest BCUT2D eigenvalue weighted by Gasteiger charge is -2.42. The fraction of sp³-hybridized carbons (Fsp3) is 0.400. The van der Waals surface area contributed by atoms with Crippen molar-refractivity contribution in [2.45, 2.75) is 64.8 Å². The van der Waals surface area contributed by atoms with Gasteiger partial charge < -0.3 is 24.1 Å². The van der Waals surface area contributed by atoms with Gasteiger partial charge in [-0.25, -0.2) is 0 Å². The second kappa shape index (κ2) is 11.0. The van der Waals surface area contributed by atoms with Crippen LogP contribution in [0.4, 0.5) is 0 Å². The molecule has 9 heteroatoms. The summed E-state index contributed by atoms with van der Waals surface area (Å²) in [5.74, 6) is -2.06. The molecule has 0 spiro atoms. The van der Waals surface area contributed by atoms with Crippen molar-refractivity contribution in [1.29, 1.82) is 0 Å². The van der Waals surface area contributed by atoms with Crippen LogP contribution in [0.1, 0.15) is 49.1 Å². The van der Waals surface area contributed by atoms with Crippen molar-refractivity contribution in [2.24, 2.45) is 0 Å². The van der Waals surface area contributed by atoms with E-state index in [1.807, 2.05) is 43.3 Å². The Labute approximate surface area is 202 Å². The average Bonchev–Trinajstić information content (AvgIpc) is 2.75. The van der Waals surface area contributed by atoms with E-state index in [1.54, 1.807) is 6.07 Å². The van der Waals surface area contributed by atoms with Gasteiger partial charge in [0.05, 0.1) is 0 Å². The lowest BCUT2D eigenvalue weighted by molar-refractivity contribution is -0.296. The number of aryl methyl sites for hydroxylation is 1. The molecule has 0 saturated carbocycles. The van der Waals surface area contributed by atoms with Gasteiger partial charge in [-0.2, -0.15) is 0 Å². The van der Waals surface area contributed by atoms with Crippen LogP contribution in [0, 0.1) is 6.92 Å². The van der Waals surface area contributed by atoms with Gasteiger partial charge in [0, 0.05) is 25.8 Å². The predicted molar refractivity (Wildman–Crippen MR) is 122 cm³/mol. The van der Waals surface area contributed by atoms with Crippen molar-refractivity contribution >= 4 is 29.5 Å². The average molecular weight is 491 g/mol. The number of aliphatic hydroxyl groups is 1. The Morgan fingerprint density at radius 2 is 1.50 bits per heavy atom. The molecular weight excluding hydrogens is 464 g/mol. The van der Waals surface area contributed by atoms with Gasteiger partial charge in [0.2, 0.25) is 6.29 Å². The fourth-order valence-electron chi connectivity index (χ4n) is 3.87. The molecule has 2 aromatic rings. The second-order valence-corrected chi connectivity index (χ2v) is 8.60. The number of benzene rings is 2. The number of carbonyl (C=O) groups excluding carboxylic acids is 3. The fourth-order valence-corrected chi connectivity index (χ4v) is 4.00. The molecular formula is C25H27ClO8. The highest BCUT2D eigenvalue weighted by atomic mass is 35.5. The monoisotopic (exact) mass is 490 g/mol. The van der Waals surface area contributed by atoms with Gasteiger partial charge in [0.15, 0.2) is 12.2 Å². The van der Waals surface area contributed by atoms with Gasteiger partial charge in [-0.1, -0.05) is 41.9 Å². The van der Waals surface area contributed by atoms with Crippen molar-refractivity contribution in [2.75, 3.05) is 0 Å². The molecule has 182 valence electrons. The van der Waals surface area contributed by atoms with Gasteiger partial charge in [0.1, 0.15) is 12.2 Å². The molecule has 5 atom stereocenters. The van der Waals surface area contributed by atoms with Gasteiger partial charge >= 0.3 is 17.9 Å². The smallest absolute Gasteiger partial charge is 0.305 e. The van der Waals surface area contributed by atoms with E-state index in [9.17, 15) is 19.5 Å². The summed E-state index contributed by atoms with van der Waals surface area (Å²) in [6.07, 6.45) is -5.86. The molecule has 1 unspecified atom stereocenters. The summed E-state index contributed by atoms with van der Waals surface area (Å²) in [5.41, 5.74) is 3.64. The summed E-state index contributed by atoms with van der Waals surface area (Å²) in [7, 11) is 0. The van der Waals surface area contributed by atoms with Crippen molar-refractivity contribution in [3.8, 4) is 0 Å². The van der Waals surface area contributed by atoms with Crippen LogP contribution < -0.4 is 0 Å². The number of esters is 3. The minimum absolute atomic E-state index is 0.596. The second-order valence-electron chi connectivity index (χ2n) is 8.16. The van der Waals surface area contributed by atoms with E-state index in [0.717, 1.165) is 23.6 Å². The third-order valence-electron chi connectivity index (χ3n) is 5.42. The van der Waals surface area contributed by atoms with Crippen LogP contribution in [0.15, 0.2) is 42.5 Å². The van der Waals surface area contributed by atoms with E-state index in [0.29, 0.717) is 17.0 Å². The molecule has 34 heavy (non-hydrogen) atoms. The highest BCUT2D eigenvalue weighted by molar-refractivity contribution is 6.30. The van der Waals surface area contributed by atoms with Crippen LogP contribution in [0.5, 0.6) is 0 Å². The van der Waals surface area contributed by atoms with E-state index >= 15 is 0 Å². The Kier molecular flexibility index (Phi) is 8.30. The van der Waals surface area contributed by atoms with E-state index in [-0.39, 0.29) is 0 Å². The Hall–Kier alpha value is -2.94. The number of ether oxygens (including phenoxy) is 4. The van der Waals surface area contributed by atoms with Crippen LogP contribution in [0.3, 0.4) is 0 Å². The highest BCUT2D eigenvalue weighted by Crippen LogP contribution is 2.37. The summed E-state index contributed by atoms with van der Waals surface area (Å²) in [5, 5.41) is 11.6. The summed E-state index contributed by atoms with van der Waals surface area (Å²) in [6.45, 7) is 5.48. The zero-order valence-electron chi connectivity index (χ0n) is 19.3. The van der Waals surface area contributed by atoms with Gasteiger partial charge in [-0.3, -0.25) is 14.4 Å². The maximum atomic E-state index is 11.8. The van der Waals surface area contributed by atoms with Gasteiger partial charge in [0.25, 0.3) is 0 Å². The summed E-state index contributed by atoms with van der Waals surface area (Å²) in [6, 6.07) is 13.0. The predicted octanol–water partition coefficient (Wildman–Crippen LogP) is 3.42. The largest absolute Gasteiger partial charge is 0.456 e. The minimum atomic E-state index is -1.50. The van der Waals surface area contributed by atoms with E-state index < -0.39 is 48.6 Å². The zero-order valence-corrected chi connectivity index (χ0v) is 20.1. The Balaban J connectivity index is 1.98. The van der Waals surface area contributed by atoms with Crippen molar-refractivity contribution in [1.82, 2.24) is 0 Å². The molecule has 0 aliphatic carbocycles. The van der Waals surface area contributed by atoms with Crippen LogP contribution in [-0.4, -0.2) is 47.6 Å². The molecule has 8 nitrogen and oxygen atoms in total. The van der Waals surface area contributed by atoms with Crippen molar-refractivity contribution < 1.29 is 38.4 Å². The van der Waals surface area contributed by atoms with Crippen molar-refractivity contribution in [3.05, 3.63) is 69.7 Å². The summed E-state index contributed by atoms with van der Waals surface area (Å²) >= 11 is 5.99. The summed E-state index contributed by atoms with van der Waals surface area (Å²) in [4.78, 5) is 35.1. The van der Waals surface area contributed by atoms with Crippen LogP contribution in [-0.2, 0) is 39.8 Å². The molecule has 0 amide bonds. The molecule has 0 bridgehead atoms. The van der Waals surface area contributed by atoms with Gasteiger partial charge in [-0.05, 0) is 47.7 Å². The third-order valence-corrected chi connectivity index (χ3v) is 5.67. The summed E-state index contributed by atoms with van der Waals surface area (Å²) < 4.78 is 21.7. The first-order valence-corrected chi connectivity index (χ1v) is 11.1. The number of rotatable bonds is 6. The van der Waals surface area contributed by atoms with Crippen LogP contribution in [0.25, 0.3) is 0 Å². The molecule has 3 rings (SSSR count). The van der Waals surface area contributed by atoms with E-state index in [2.05, 4.69) is 0 Å². The standard InChI is InChI=1S/C25H27ClO8/c1-13-5-8-18(12-19(13)11-17-6-9-20(26)10-7-17)22-23(31-14(2)27)21(30)24(32-15(3)28)25(34-22)33-16(4)29/h5-10,12,21-25,30H,11H2,1-4H3/t21-,22+,23-,24+,25?/m1/s1. The number of halogens is 1. The lowest BCUT2D eigenvalue weighted by Crippen LogP contribution is -2.58. The zero-order chi connectivity index (χ0) is 25.0. The molecule has 1 N–H and O–H groups in total. The Bertz CT molecular complexity index is 1050. The molecule has 1 aliphatic heterocycles. The first-order valence-electron chi connectivity index (χ1n) is 10.7. The molecule has 1 saturated heterocycles. The van der Waals surface area contributed by atoms with E-state index in [4.69, 9.17) is 30.5 Å².